The van der Waals surface area contributed by atoms with E-state index in [0.717, 1.165) is 10.5 Å². The van der Waals surface area contributed by atoms with Gasteiger partial charge >= 0.3 is 0 Å². The zero-order valence-corrected chi connectivity index (χ0v) is 17.5. The summed E-state index contributed by atoms with van der Waals surface area (Å²) >= 11 is 0. The van der Waals surface area contributed by atoms with Crippen molar-refractivity contribution < 1.29 is 24.1 Å². The van der Waals surface area contributed by atoms with Crippen LogP contribution in [0.5, 0.6) is 5.75 Å². The summed E-state index contributed by atoms with van der Waals surface area (Å²) in [5, 5.41) is 12.8. The summed E-state index contributed by atoms with van der Waals surface area (Å²) in [4.78, 5) is 44.6. The van der Waals surface area contributed by atoms with E-state index in [-0.39, 0.29) is 11.4 Å². The van der Waals surface area contributed by atoms with Crippen molar-refractivity contribution in [3.8, 4) is 5.75 Å². The Hall–Kier alpha value is -4.24. The maximum Gasteiger partial charge on any atom is 0.271 e. The van der Waals surface area contributed by atoms with Gasteiger partial charge in [-0.05, 0) is 35.9 Å². The fourth-order valence-corrected chi connectivity index (χ4v) is 4.38. The molecule has 33 heavy (non-hydrogen) atoms. The summed E-state index contributed by atoms with van der Waals surface area (Å²) in [6, 6.07) is 21.3. The first-order valence-electron chi connectivity index (χ1n) is 10.3. The van der Waals surface area contributed by atoms with Crippen LogP contribution in [0.3, 0.4) is 0 Å². The van der Waals surface area contributed by atoms with Crippen molar-refractivity contribution in [3.63, 3.8) is 0 Å². The average molecular weight is 445 g/mol. The van der Waals surface area contributed by atoms with E-state index < -0.39 is 34.8 Å². The van der Waals surface area contributed by atoms with Gasteiger partial charge < -0.3 is 4.74 Å². The van der Waals surface area contributed by atoms with Crippen LogP contribution in [0.1, 0.15) is 11.6 Å². The highest BCUT2D eigenvalue weighted by molar-refractivity contribution is 6.24. The number of methoxy groups -OCH3 is 1. The van der Waals surface area contributed by atoms with Crippen LogP contribution in [-0.2, 0) is 14.4 Å². The molecule has 0 bridgehead atoms. The Morgan fingerprint density at radius 1 is 0.909 bits per heavy atom. The van der Waals surface area contributed by atoms with Gasteiger partial charge in [-0.3, -0.25) is 24.5 Å². The number of nitrogens with zero attached hydrogens (tertiary/aromatic N) is 3. The molecule has 0 aromatic heterocycles. The number of nitro benzene ring substituents is 1. The van der Waals surface area contributed by atoms with Gasteiger partial charge in [0.1, 0.15) is 11.7 Å². The van der Waals surface area contributed by atoms with E-state index >= 15 is 0 Å². The van der Waals surface area contributed by atoms with Gasteiger partial charge in [0, 0.05) is 12.1 Å². The van der Waals surface area contributed by atoms with Crippen LogP contribution < -0.4 is 14.7 Å². The van der Waals surface area contributed by atoms with E-state index in [1.165, 1.54) is 24.3 Å². The lowest BCUT2D eigenvalue weighted by molar-refractivity contribution is -0.384. The number of hydroxylamine groups is 1. The zero-order valence-electron chi connectivity index (χ0n) is 17.5. The normalized spacial score (nSPS) is 21.9. The fraction of sp³-hybridized carbons (Fsp3) is 0.167. The number of ether oxygens (including phenoxy) is 1. The van der Waals surface area contributed by atoms with Crippen LogP contribution in [0.2, 0.25) is 0 Å². The lowest BCUT2D eigenvalue weighted by Crippen LogP contribution is -2.37. The number of carbonyl (C=O) groups excluding carboxylic acids is 2. The van der Waals surface area contributed by atoms with E-state index in [1.807, 2.05) is 42.5 Å². The Morgan fingerprint density at radius 3 is 2.36 bits per heavy atom. The van der Waals surface area contributed by atoms with Crippen LogP contribution in [0, 0.1) is 16.0 Å². The molecule has 0 aliphatic carbocycles. The Bertz CT molecular complexity index is 1250. The monoisotopic (exact) mass is 445 g/mol. The Morgan fingerprint density at radius 2 is 1.64 bits per heavy atom. The molecule has 2 amide bonds. The second-order valence-electron chi connectivity index (χ2n) is 7.72. The molecule has 0 unspecified atom stereocenters. The minimum absolute atomic E-state index is 0.146. The van der Waals surface area contributed by atoms with Crippen molar-refractivity contribution in [2.75, 3.05) is 17.1 Å². The molecule has 0 saturated carbocycles. The number of hydrogen-bond donors (Lipinski definition) is 0. The van der Waals surface area contributed by atoms with Crippen molar-refractivity contribution >= 4 is 28.9 Å². The lowest BCUT2D eigenvalue weighted by Gasteiger charge is -2.28. The molecule has 2 saturated heterocycles. The van der Waals surface area contributed by atoms with Crippen molar-refractivity contribution in [1.82, 2.24) is 0 Å². The third-order valence-electron chi connectivity index (χ3n) is 5.86. The topological polar surface area (TPSA) is 102 Å². The predicted octanol–water partition coefficient (Wildman–Crippen LogP) is 3.65. The zero-order chi connectivity index (χ0) is 23.1. The molecule has 0 spiro atoms. The van der Waals surface area contributed by atoms with Crippen molar-refractivity contribution in [2.45, 2.75) is 12.1 Å². The largest absolute Gasteiger partial charge is 0.497 e. The summed E-state index contributed by atoms with van der Waals surface area (Å²) in [5.41, 5.74) is 1.38. The number of benzene rings is 3. The summed E-state index contributed by atoms with van der Waals surface area (Å²) < 4.78 is 5.36. The number of anilines is 2. The SMILES string of the molecule is COc1cccc([C@@H]2[C@@H]3C(=O)N(c4cccc([N+](=O)[O-])c4)C(=O)[C@@H]3ON2c2ccccc2)c1. The number of amides is 2. The summed E-state index contributed by atoms with van der Waals surface area (Å²) in [6.45, 7) is 0. The van der Waals surface area contributed by atoms with Crippen LogP contribution in [0.25, 0.3) is 0 Å². The molecular weight excluding hydrogens is 426 g/mol. The number of carbonyl (C=O) groups is 2. The molecule has 2 fully saturated rings. The van der Waals surface area contributed by atoms with E-state index in [2.05, 4.69) is 0 Å². The maximum absolute atomic E-state index is 13.6. The van der Waals surface area contributed by atoms with E-state index in [9.17, 15) is 19.7 Å². The number of rotatable bonds is 5. The summed E-state index contributed by atoms with van der Waals surface area (Å²) in [5.74, 6) is -1.27. The van der Waals surface area contributed by atoms with Gasteiger partial charge in [-0.1, -0.05) is 36.4 Å². The highest BCUT2D eigenvalue weighted by Crippen LogP contribution is 2.48. The number of non-ortho nitro benzene ring substituents is 1. The molecule has 2 heterocycles. The van der Waals surface area contributed by atoms with Crippen molar-refractivity contribution in [2.24, 2.45) is 5.92 Å². The Labute approximate surface area is 188 Å². The van der Waals surface area contributed by atoms with Gasteiger partial charge in [0.25, 0.3) is 11.6 Å². The Balaban J connectivity index is 1.59. The molecule has 3 atom stereocenters. The molecule has 0 radical (unpaired) electrons. The van der Waals surface area contributed by atoms with Gasteiger partial charge in [0.05, 0.1) is 29.4 Å². The molecule has 3 aromatic carbocycles. The first kappa shape index (κ1) is 20.7. The van der Waals surface area contributed by atoms with Crippen molar-refractivity contribution in [1.29, 1.82) is 0 Å². The molecule has 0 N–H and O–H groups in total. The number of nitro groups is 1. The standard InChI is InChI=1S/C24H19N3O6/c1-32-19-12-5-7-15(13-19)21-20-22(33-26(21)16-8-3-2-4-9-16)24(29)25(23(20)28)17-10-6-11-18(14-17)27(30)31/h2-14,20-22H,1H3/t20-,21+,22+/m0/s1. The summed E-state index contributed by atoms with van der Waals surface area (Å²) in [7, 11) is 1.55. The number of imide groups is 1. The predicted molar refractivity (Wildman–Crippen MR) is 119 cm³/mol. The maximum atomic E-state index is 13.6. The van der Waals surface area contributed by atoms with Gasteiger partial charge in [0.15, 0.2) is 6.10 Å². The fourth-order valence-electron chi connectivity index (χ4n) is 4.38. The molecule has 5 rings (SSSR count). The van der Waals surface area contributed by atoms with Gasteiger partial charge in [0.2, 0.25) is 5.91 Å². The van der Waals surface area contributed by atoms with Crippen LogP contribution >= 0.6 is 0 Å². The van der Waals surface area contributed by atoms with E-state index in [4.69, 9.17) is 9.57 Å². The lowest BCUT2D eigenvalue weighted by atomic mass is 9.90. The minimum Gasteiger partial charge on any atom is -0.497 e. The number of hydrogen-bond acceptors (Lipinski definition) is 7. The highest BCUT2D eigenvalue weighted by atomic mass is 16.7. The minimum atomic E-state index is -1.06. The van der Waals surface area contributed by atoms with Crippen LogP contribution in [0.4, 0.5) is 17.1 Å². The van der Waals surface area contributed by atoms with Crippen LogP contribution in [-0.4, -0.2) is 30.0 Å². The third-order valence-corrected chi connectivity index (χ3v) is 5.86. The quantitative estimate of drug-likeness (QED) is 0.336. The second kappa shape index (κ2) is 8.03. The smallest absolute Gasteiger partial charge is 0.271 e. The van der Waals surface area contributed by atoms with Gasteiger partial charge in [-0.15, -0.1) is 0 Å². The third kappa shape index (κ3) is 3.39. The molecule has 3 aromatic rings. The van der Waals surface area contributed by atoms with E-state index in [1.54, 1.807) is 24.3 Å². The first-order chi connectivity index (χ1) is 16.0. The molecule has 2 aliphatic rings. The number of fused-ring (bicyclic) bond motifs is 1. The molecule has 2 aliphatic heterocycles. The molecular formula is C24H19N3O6. The highest BCUT2D eigenvalue weighted by Gasteiger charge is 2.60. The average Bonchev–Trinajstić information content (AvgIpc) is 3.35. The van der Waals surface area contributed by atoms with Gasteiger partial charge in [-0.25, -0.2) is 9.96 Å². The summed E-state index contributed by atoms with van der Waals surface area (Å²) in [6.07, 6.45) is -1.06. The molecule has 9 nitrogen and oxygen atoms in total. The number of para-hydroxylation sites is 1. The Kier molecular flexibility index (Phi) is 5.02. The second-order valence-corrected chi connectivity index (χ2v) is 7.72. The molecule has 9 heteroatoms. The van der Waals surface area contributed by atoms with Crippen LogP contribution in [0.15, 0.2) is 78.9 Å². The molecule has 166 valence electrons. The van der Waals surface area contributed by atoms with E-state index in [0.29, 0.717) is 11.4 Å². The van der Waals surface area contributed by atoms with Gasteiger partial charge in [-0.2, -0.15) is 0 Å². The first-order valence-corrected chi connectivity index (χ1v) is 10.3. The van der Waals surface area contributed by atoms with Crippen molar-refractivity contribution in [3.05, 3.63) is 94.5 Å².